The lowest BCUT2D eigenvalue weighted by molar-refractivity contribution is 0.211. The van der Waals surface area contributed by atoms with Crippen LogP contribution < -0.4 is 10.6 Å². The van der Waals surface area contributed by atoms with Crippen LogP contribution in [0, 0.1) is 12.3 Å². The van der Waals surface area contributed by atoms with Crippen LogP contribution in [0.1, 0.15) is 24.8 Å². The van der Waals surface area contributed by atoms with Crippen molar-refractivity contribution in [2.45, 2.75) is 26.2 Å². The lowest BCUT2D eigenvalue weighted by Gasteiger charge is -2.38. The van der Waals surface area contributed by atoms with Crippen molar-refractivity contribution >= 4 is 22.9 Å². The Balaban J connectivity index is 1.52. The number of rotatable bonds is 5. The van der Waals surface area contributed by atoms with E-state index < -0.39 is 0 Å². The molecule has 0 spiro atoms. The second kappa shape index (κ2) is 5.93. The van der Waals surface area contributed by atoms with E-state index in [1.807, 2.05) is 0 Å². The van der Waals surface area contributed by atoms with Crippen LogP contribution >= 0.6 is 12.2 Å². The highest BCUT2D eigenvalue weighted by Crippen LogP contribution is 2.49. The molecule has 0 atom stereocenters. The van der Waals surface area contributed by atoms with Crippen molar-refractivity contribution in [2.24, 2.45) is 11.1 Å². The van der Waals surface area contributed by atoms with Crippen LogP contribution in [0.2, 0.25) is 0 Å². The molecule has 0 aromatic heterocycles. The van der Waals surface area contributed by atoms with E-state index in [-0.39, 0.29) is 0 Å². The number of benzene rings is 1. The first-order chi connectivity index (χ1) is 10.1. The van der Waals surface area contributed by atoms with Gasteiger partial charge in [0.25, 0.3) is 0 Å². The molecule has 0 unspecified atom stereocenters. The standard InChI is InChI=1S/C17H25N3S/c1-14-3-2-4-15(11-14)20-9-7-19(8-10-20)13-17(5-6-17)12-16(18)21/h2-4,11H,5-10,12-13H2,1H3,(H2,18,21). The van der Waals surface area contributed by atoms with Gasteiger partial charge in [0.1, 0.15) is 0 Å². The number of nitrogens with two attached hydrogens (primary N) is 1. The molecule has 1 aromatic carbocycles. The van der Waals surface area contributed by atoms with Gasteiger partial charge < -0.3 is 10.6 Å². The molecule has 1 aliphatic heterocycles. The summed E-state index contributed by atoms with van der Waals surface area (Å²) in [4.78, 5) is 5.78. The first kappa shape index (κ1) is 14.8. The van der Waals surface area contributed by atoms with Crippen molar-refractivity contribution in [2.75, 3.05) is 37.6 Å². The van der Waals surface area contributed by atoms with Crippen molar-refractivity contribution < 1.29 is 0 Å². The molecule has 1 saturated carbocycles. The molecule has 21 heavy (non-hydrogen) atoms. The third-order valence-corrected chi connectivity index (χ3v) is 4.95. The molecule has 0 amide bonds. The van der Waals surface area contributed by atoms with Crippen LogP contribution in [0.5, 0.6) is 0 Å². The third kappa shape index (κ3) is 3.74. The molecular formula is C17H25N3S. The summed E-state index contributed by atoms with van der Waals surface area (Å²) in [6.07, 6.45) is 3.52. The summed E-state index contributed by atoms with van der Waals surface area (Å²) in [5.74, 6) is 0. The summed E-state index contributed by atoms with van der Waals surface area (Å²) >= 11 is 5.10. The Morgan fingerprint density at radius 3 is 2.52 bits per heavy atom. The maximum atomic E-state index is 5.74. The van der Waals surface area contributed by atoms with Gasteiger partial charge in [-0.25, -0.2) is 0 Å². The van der Waals surface area contributed by atoms with E-state index in [1.165, 1.54) is 30.6 Å². The number of nitrogens with zero attached hydrogens (tertiary/aromatic N) is 2. The molecule has 114 valence electrons. The van der Waals surface area contributed by atoms with Crippen molar-refractivity contribution in [1.82, 2.24) is 4.90 Å². The fourth-order valence-electron chi connectivity index (χ4n) is 3.40. The SMILES string of the molecule is Cc1cccc(N2CCN(CC3(CC(N)=S)CC3)CC2)c1. The predicted molar refractivity (Wildman–Crippen MR) is 92.9 cm³/mol. The highest BCUT2D eigenvalue weighted by molar-refractivity contribution is 7.80. The molecule has 1 aromatic rings. The van der Waals surface area contributed by atoms with Crippen molar-refractivity contribution in [3.63, 3.8) is 0 Å². The first-order valence-electron chi connectivity index (χ1n) is 7.89. The molecule has 0 radical (unpaired) electrons. The summed E-state index contributed by atoms with van der Waals surface area (Å²) in [5.41, 5.74) is 8.85. The first-order valence-corrected chi connectivity index (χ1v) is 8.29. The number of anilines is 1. The summed E-state index contributed by atoms with van der Waals surface area (Å²) in [5, 5.41) is 0. The normalized spacial score (nSPS) is 21.3. The largest absolute Gasteiger partial charge is 0.393 e. The lowest BCUT2D eigenvalue weighted by Crippen LogP contribution is -2.48. The number of hydrogen-bond acceptors (Lipinski definition) is 3. The fourth-order valence-corrected chi connectivity index (χ4v) is 3.71. The molecule has 2 N–H and O–H groups in total. The van der Waals surface area contributed by atoms with Gasteiger partial charge in [-0.05, 0) is 42.9 Å². The van der Waals surface area contributed by atoms with Crippen molar-refractivity contribution in [1.29, 1.82) is 0 Å². The van der Waals surface area contributed by atoms with Crippen LogP contribution in [0.3, 0.4) is 0 Å². The smallest absolute Gasteiger partial charge is 0.0733 e. The second-order valence-corrected chi connectivity index (χ2v) is 7.27. The molecule has 1 saturated heterocycles. The lowest BCUT2D eigenvalue weighted by atomic mass is 10.0. The number of piperazine rings is 1. The van der Waals surface area contributed by atoms with E-state index in [0.29, 0.717) is 10.4 Å². The molecule has 2 aliphatic rings. The Bertz CT molecular complexity index is 517. The van der Waals surface area contributed by atoms with Gasteiger partial charge in [0.15, 0.2) is 0 Å². The van der Waals surface area contributed by atoms with Gasteiger partial charge in [-0.3, -0.25) is 4.90 Å². The van der Waals surface area contributed by atoms with E-state index in [4.69, 9.17) is 18.0 Å². The molecular weight excluding hydrogens is 278 g/mol. The van der Waals surface area contributed by atoms with Crippen LogP contribution in [0.4, 0.5) is 5.69 Å². The van der Waals surface area contributed by atoms with Gasteiger partial charge in [-0.1, -0.05) is 24.4 Å². The van der Waals surface area contributed by atoms with Crippen LogP contribution in [-0.4, -0.2) is 42.6 Å². The summed E-state index contributed by atoms with van der Waals surface area (Å²) in [6.45, 7) is 7.86. The topological polar surface area (TPSA) is 32.5 Å². The molecule has 3 rings (SSSR count). The summed E-state index contributed by atoms with van der Waals surface area (Å²) in [6, 6.07) is 8.81. The zero-order valence-electron chi connectivity index (χ0n) is 12.8. The average molecular weight is 303 g/mol. The molecule has 2 fully saturated rings. The van der Waals surface area contributed by atoms with Gasteiger partial charge in [-0.2, -0.15) is 0 Å². The molecule has 1 aliphatic carbocycles. The van der Waals surface area contributed by atoms with E-state index in [9.17, 15) is 0 Å². The summed E-state index contributed by atoms with van der Waals surface area (Å²) in [7, 11) is 0. The fraction of sp³-hybridized carbons (Fsp3) is 0.588. The molecule has 0 bridgehead atoms. The van der Waals surface area contributed by atoms with Gasteiger partial charge in [-0.15, -0.1) is 0 Å². The molecule has 4 heteroatoms. The van der Waals surface area contributed by atoms with Gasteiger partial charge in [0.05, 0.1) is 4.99 Å². The minimum atomic E-state index is 0.414. The quantitative estimate of drug-likeness (QED) is 0.848. The zero-order chi connectivity index (χ0) is 14.9. The van der Waals surface area contributed by atoms with Gasteiger partial charge in [0.2, 0.25) is 0 Å². The highest BCUT2D eigenvalue weighted by atomic mass is 32.1. The van der Waals surface area contributed by atoms with Crippen LogP contribution in [0.15, 0.2) is 24.3 Å². The average Bonchev–Trinajstić information content (AvgIpc) is 3.18. The molecule has 3 nitrogen and oxygen atoms in total. The minimum Gasteiger partial charge on any atom is -0.393 e. The Morgan fingerprint density at radius 2 is 1.95 bits per heavy atom. The molecule has 1 heterocycles. The van der Waals surface area contributed by atoms with Crippen molar-refractivity contribution in [3.05, 3.63) is 29.8 Å². The number of hydrogen-bond donors (Lipinski definition) is 1. The van der Waals surface area contributed by atoms with E-state index in [2.05, 4.69) is 41.0 Å². The highest BCUT2D eigenvalue weighted by Gasteiger charge is 2.44. The monoisotopic (exact) mass is 303 g/mol. The van der Waals surface area contributed by atoms with E-state index in [0.717, 1.165) is 32.6 Å². The maximum Gasteiger partial charge on any atom is 0.0733 e. The van der Waals surface area contributed by atoms with Gasteiger partial charge >= 0.3 is 0 Å². The maximum absolute atomic E-state index is 5.74. The Kier molecular flexibility index (Phi) is 4.18. The Hall–Kier alpha value is -1.13. The van der Waals surface area contributed by atoms with E-state index in [1.54, 1.807) is 0 Å². The van der Waals surface area contributed by atoms with E-state index >= 15 is 0 Å². The minimum absolute atomic E-state index is 0.414. The number of thiocarbonyl (C=S) groups is 1. The van der Waals surface area contributed by atoms with Crippen LogP contribution in [0.25, 0.3) is 0 Å². The zero-order valence-corrected chi connectivity index (χ0v) is 13.7. The second-order valence-electron chi connectivity index (χ2n) is 6.75. The predicted octanol–water partition coefficient (Wildman–Crippen LogP) is 2.57. The van der Waals surface area contributed by atoms with Gasteiger partial charge in [0, 0.05) is 44.8 Å². The third-order valence-electron chi connectivity index (χ3n) is 4.80. The van der Waals surface area contributed by atoms with Crippen LogP contribution in [-0.2, 0) is 0 Å². The number of aryl methyl sites for hydroxylation is 1. The van der Waals surface area contributed by atoms with Crippen molar-refractivity contribution in [3.8, 4) is 0 Å². The Labute approximate surface area is 133 Å². The Morgan fingerprint density at radius 1 is 1.24 bits per heavy atom. The summed E-state index contributed by atoms with van der Waals surface area (Å²) < 4.78 is 0.